The molecule has 1 aliphatic carbocycles. The van der Waals surface area contributed by atoms with Gasteiger partial charge in [0.1, 0.15) is 5.01 Å². The number of hydrogen-bond donors (Lipinski definition) is 2. The molecule has 9 heteroatoms. The molecule has 8 nitrogen and oxygen atoms in total. The van der Waals surface area contributed by atoms with Gasteiger partial charge in [-0.05, 0) is 57.0 Å². The van der Waals surface area contributed by atoms with Crippen molar-refractivity contribution in [2.24, 2.45) is 0 Å². The molecule has 1 saturated carbocycles. The summed E-state index contributed by atoms with van der Waals surface area (Å²) in [6.07, 6.45) is 7.90. The van der Waals surface area contributed by atoms with Crippen LogP contribution in [0.3, 0.4) is 0 Å². The zero-order chi connectivity index (χ0) is 23.0. The zero-order valence-electron chi connectivity index (χ0n) is 19.4. The number of nitrogens with one attached hydrogen (secondary N) is 2. The van der Waals surface area contributed by atoms with Crippen molar-refractivity contribution in [3.63, 3.8) is 0 Å². The lowest BCUT2D eigenvalue weighted by atomic mass is 9.94. The highest BCUT2D eigenvalue weighted by atomic mass is 32.1. The summed E-state index contributed by atoms with van der Waals surface area (Å²) in [7, 11) is 0. The van der Waals surface area contributed by atoms with Crippen LogP contribution < -0.4 is 10.6 Å². The summed E-state index contributed by atoms with van der Waals surface area (Å²) in [5, 5.41) is 14.6. The number of aryl methyl sites for hydroxylation is 1. The molecule has 2 N–H and O–H groups in total. The van der Waals surface area contributed by atoms with Crippen molar-refractivity contribution >= 4 is 28.8 Å². The Morgan fingerprint density at radius 3 is 2.39 bits per heavy atom. The molecular weight excluding hydrogens is 436 g/mol. The molecule has 33 heavy (non-hydrogen) atoms. The highest BCUT2D eigenvalue weighted by molar-refractivity contribution is 7.13. The molecule has 1 saturated heterocycles. The van der Waals surface area contributed by atoms with E-state index in [1.807, 2.05) is 0 Å². The fourth-order valence-corrected chi connectivity index (χ4v) is 5.27. The largest absolute Gasteiger partial charge is 0.352 e. The normalized spacial score (nSPS) is 18.2. The Hall–Kier alpha value is -2.36. The molecule has 2 amide bonds. The van der Waals surface area contributed by atoms with Gasteiger partial charge in [0.15, 0.2) is 0 Å². The number of aromatic nitrogens is 2. The number of anilines is 1. The Balaban J connectivity index is 1.13. The smallest absolute Gasteiger partial charge is 0.286 e. The van der Waals surface area contributed by atoms with E-state index in [1.165, 1.54) is 56.5 Å². The SMILES string of the molecule is Cc1nnc(C(=O)Nc2ccc(C(=O)NCCCN3CCN(C4CCCCC4)CC3)cc2)s1. The summed E-state index contributed by atoms with van der Waals surface area (Å²) in [6, 6.07) is 7.72. The molecule has 4 rings (SSSR count). The van der Waals surface area contributed by atoms with Crippen molar-refractivity contribution in [1.29, 1.82) is 0 Å². The van der Waals surface area contributed by atoms with Gasteiger partial charge in [-0.1, -0.05) is 30.6 Å². The first-order valence-corrected chi connectivity index (χ1v) is 12.9. The Bertz CT molecular complexity index is 917. The Morgan fingerprint density at radius 2 is 1.73 bits per heavy atom. The monoisotopic (exact) mass is 470 g/mol. The molecule has 2 aliphatic rings. The van der Waals surface area contributed by atoms with Gasteiger partial charge in [0, 0.05) is 50.0 Å². The van der Waals surface area contributed by atoms with Gasteiger partial charge in [0.2, 0.25) is 5.01 Å². The third-order valence-electron chi connectivity index (χ3n) is 6.56. The Kier molecular flexibility index (Phi) is 8.41. The molecular formula is C24H34N6O2S. The van der Waals surface area contributed by atoms with Gasteiger partial charge in [-0.2, -0.15) is 0 Å². The van der Waals surface area contributed by atoms with Crippen LogP contribution in [0.2, 0.25) is 0 Å². The van der Waals surface area contributed by atoms with Crippen LogP contribution in [0.25, 0.3) is 0 Å². The van der Waals surface area contributed by atoms with Crippen molar-refractivity contribution in [3.8, 4) is 0 Å². The second-order valence-electron chi connectivity index (χ2n) is 8.94. The highest BCUT2D eigenvalue weighted by Gasteiger charge is 2.24. The minimum Gasteiger partial charge on any atom is -0.352 e. The second-order valence-corrected chi connectivity index (χ2v) is 10.1. The third kappa shape index (κ3) is 6.82. The zero-order valence-corrected chi connectivity index (χ0v) is 20.2. The van der Waals surface area contributed by atoms with Crippen molar-refractivity contribution in [2.75, 3.05) is 44.6 Å². The number of nitrogens with zero attached hydrogens (tertiary/aromatic N) is 4. The third-order valence-corrected chi connectivity index (χ3v) is 7.40. The molecule has 1 aliphatic heterocycles. The van der Waals surface area contributed by atoms with E-state index >= 15 is 0 Å². The molecule has 0 spiro atoms. The summed E-state index contributed by atoms with van der Waals surface area (Å²) in [5.74, 6) is -0.382. The van der Waals surface area contributed by atoms with Crippen LogP contribution in [-0.4, -0.2) is 77.1 Å². The predicted octanol–water partition coefficient (Wildman–Crippen LogP) is 3.17. The highest BCUT2D eigenvalue weighted by Crippen LogP contribution is 2.23. The van der Waals surface area contributed by atoms with Crippen LogP contribution in [0.4, 0.5) is 5.69 Å². The number of piperazine rings is 1. The van der Waals surface area contributed by atoms with Gasteiger partial charge >= 0.3 is 0 Å². The summed E-state index contributed by atoms with van der Waals surface area (Å²) in [4.78, 5) is 29.8. The maximum Gasteiger partial charge on any atom is 0.286 e. The van der Waals surface area contributed by atoms with E-state index in [0.29, 0.717) is 22.8 Å². The average molecular weight is 471 g/mol. The second kappa shape index (κ2) is 11.7. The number of benzene rings is 1. The average Bonchev–Trinajstić information content (AvgIpc) is 3.29. The number of amides is 2. The van der Waals surface area contributed by atoms with Crippen LogP contribution in [0, 0.1) is 6.92 Å². The van der Waals surface area contributed by atoms with E-state index in [9.17, 15) is 9.59 Å². The van der Waals surface area contributed by atoms with E-state index in [-0.39, 0.29) is 11.8 Å². The summed E-state index contributed by atoms with van der Waals surface area (Å²) in [5.41, 5.74) is 1.21. The molecule has 0 atom stereocenters. The molecule has 0 bridgehead atoms. The van der Waals surface area contributed by atoms with E-state index in [0.717, 1.165) is 37.1 Å². The fourth-order valence-electron chi connectivity index (χ4n) is 4.68. The minimum absolute atomic E-state index is 0.0882. The van der Waals surface area contributed by atoms with Gasteiger partial charge in [0.25, 0.3) is 11.8 Å². The van der Waals surface area contributed by atoms with E-state index < -0.39 is 0 Å². The van der Waals surface area contributed by atoms with Gasteiger partial charge in [-0.15, -0.1) is 10.2 Å². The summed E-state index contributed by atoms with van der Waals surface area (Å²) in [6.45, 7) is 8.12. The fraction of sp³-hybridized carbons (Fsp3) is 0.583. The molecule has 178 valence electrons. The van der Waals surface area contributed by atoms with Crippen molar-refractivity contribution < 1.29 is 9.59 Å². The maximum atomic E-state index is 12.4. The van der Waals surface area contributed by atoms with Crippen LogP contribution in [0.1, 0.15) is 63.7 Å². The maximum absolute atomic E-state index is 12.4. The van der Waals surface area contributed by atoms with Gasteiger partial charge in [0.05, 0.1) is 0 Å². The van der Waals surface area contributed by atoms with E-state index in [4.69, 9.17) is 0 Å². The number of carbonyl (C=O) groups excluding carboxylic acids is 2. The molecule has 2 aromatic rings. The Labute approximate surface area is 199 Å². The van der Waals surface area contributed by atoms with Crippen molar-refractivity contribution in [3.05, 3.63) is 39.8 Å². The van der Waals surface area contributed by atoms with Gasteiger partial charge in [-0.25, -0.2) is 0 Å². The first kappa shape index (κ1) is 23.8. The van der Waals surface area contributed by atoms with Gasteiger partial charge < -0.3 is 15.5 Å². The molecule has 0 unspecified atom stereocenters. The lowest BCUT2D eigenvalue weighted by Crippen LogP contribution is -2.51. The lowest BCUT2D eigenvalue weighted by molar-refractivity contribution is 0.0779. The lowest BCUT2D eigenvalue weighted by Gasteiger charge is -2.40. The van der Waals surface area contributed by atoms with Crippen LogP contribution in [0.5, 0.6) is 0 Å². The van der Waals surface area contributed by atoms with Gasteiger partial charge in [-0.3, -0.25) is 14.5 Å². The molecule has 1 aromatic heterocycles. The number of rotatable bonds is 8. The topological polar surface area (TPSA) is 90.5 Å². The van der Waals surface area contributed by atoms with Crippen molar-refractivity contribution in [2.45, 2.75) is 51.5 Å². The first-order chi connectivity index (χ1) is 16.1. The minimum atomic E-state index is -0.294. The molecule has 1 aromatic carbocycles. The van der Waals surface area contributed by atoms with Crippen LogP contribution >= 0.6 is 11.3 Å². The molecule has 0 radical (unpaired) electrons. The van der Waals surface area contributed by atoms with E-state index in [1.54, 1.807) is 31.2 Å². The van der Waals surface area contributed by atoms with Crippen LogP contribution in [-0.2, 0) is 0 Å². The van der Waals surface area contributed by atoms with Crippen molar-refractivity contribution in [1.82, 2.24) is 25.3 Å². The first-order valence-electron chi connectivity index (χ1n) is 12.0. The molecule has 2 fully saturated rings. The quantitative estimate of drug-likeness (QED) is 0.576. The van der Waals surface area contributed by atoms with Crippen LogP contribution in [0.15, 0.2) is 24.3 Å². The van der Waals surface area contributed by atoms with E-state index in [2.05, 4.69) is 30.6 Å². The predicted molar refractivity (Wildman–Crippen MR) is 131 cm³/mol. The summed E-state index contributed by atoms with van der Waals surface area (Å²) < 4.78 is 0. The standard InChI is InChI=1S/C24H34N6O2S/c1-18-27-28-24(33-18)23(32)26-20-10-8-19(9-11-20)22(31)25-12-5-13-29-14-16-30(17-15-29)21-6-3-2-4-7-21/h8-11,21H,2-7,12-17H2,1H3,(H,25,31)(H,26,32). The number of carbonyl (C=O) groups is 2. The number of hydrogen-bond acceptors (Lipinski definition) is 7. The summed E-state index contributed by atoms with van der Waals surface area (Å²) >= 11 is 1.25. The Morgan fingerprint density at radius 1 is 1.00 bits per heavy atom. The molecule has 2 heterocycles.